The number of hydrogen-bond donors (Lipinski definition) is 2. The minimum atomic E-state index is -3.31. The molecular weight excluding hydrogens is 399 g/mol. The summed E-state index contributed by atoms with van der Waals surface area (Å²) in [6.45, 7) is 4.75. The van der Waals surface area contributed by atoms with Crippen molar-refractivity contribution in [3.8, 4) is 0 Å². The quantitative estimate of drug-likeness (QED) is 0.530. The molecule has 0 amide bonds. The first-order valence-corrected chi connectivity index (χ1v) is 9.10. The highest BCUT2D eigenvalue weighted by molar-refractivity contribution is 14.1. The van der Waals surface area contributed by atoms with Gasteiger partial charge in [0.2, 0.25) is 10.0 Å². The van der Waals surface area contributed by atoms with E-state index in [0.29, 0.717) is 29.7 Å². The summed E-state index contributed by atoms with van der Waals surface area (Å²) in [5.41, 5.74) is 0.571. The van der Waals surface area contributed by atoms with E-state index in [4.69, 9.17) is 11.6 Å². The van der Waals surface area contributed by atoms with Crippen molar-refractivity contribution in [3.05, 3.63) is 26.8 Å². The molecule has 0 atom stereocenters. The number of rotatable bonds is 7. The van der Waals surface area contributed by atoms with Crippen molar-refractivity contribution in [1.82, 2.24) is 5.32 Å². The predicted octanol–water partition coefficient (Wildman–Crippen LogP) is 3.07. The molecule has 0 fully saturated rings. The summed E-state index contributed by atoms with van der Waals surface area (Å²) in [6.07, 6.45) is 0.581. The average molecular weight is 417 g/mol. The van der Waals surface area contributed by atoms with Gasteiger partial charge in [0, 0.05) is 14.6 Å². The molecule has 7 heteroatoms. The minimum Gasteiger partial charge on any atom is -0.314 e. The lowest BCUT2D eigenvalue weighted by Crippen LogP contribution is -2.26. The maximum Gasteiger partial charge on any atom is 0.232 e. The van der Waals surface area contributed by atoms with Gasteiger partial charge in [-0.15, -0.1) is 0 Å². The van der Waals surface area contributed by atoms with Gasteiger partial charge in [-0.05, 0) is 53.8 Å². The second kappa shape index (κ2) is 7.66. The molecule has 1 aromatic rings. The molecule has 0 aliphatic rings. The van der Waals surface area contributed by atoms with Crippen LogP contribution in [0.4, 0.5) is 5.69 Å². The zero-order valence-corrected chi connectivity index (χ0v) is 14.6. The summed E-state index contributed by atoms with van der Waals surface area (Å²) >= 11 is 7.89. The summed E-state index contributed by atoms with van der Waals surface area (Å²) < 4.78 is 27.2. The molecule has 0 aliphatic carbocycles. The monoisotopic (exact) mass is 416 g/mol. The van der Waals surface area contributed by atoms with E-state index in [9.17, 15) is 8.42 Å². The summed E-state index contributed by atoms with van der Waals surface area (Å²) in [5.74, 6) is 0.103. The highest BCUT2D eigenvalue weighted by Crippen LogP contribution is 2.23. The molecule has 2 N–H and O–H groups in total. The Kier molecular flexibility index (Phi) is 6.85. The molecule has 108 valence electrons. The summed E-state index contributed by atoms with van der Waals surface area (Å²) in [5, 5.41) is 3.78. The molecule has 0 aromatic heterocycles. The van der Waals surface area contributed by atoms with Crippen LogP contribution in [-0.4, -0.2) is 26.8 Å². The lowest BCUT2D eigenvalue weighted by Gasteiger charge is -2.11. The van der Waals surface area contributed by atoms with Gasteiger partial charge in [-0.3, -0.25) is 4.72 Å². The molecule has 0 radical (unpaired) electrons. The third kappa shape index (κ3) is 6.78. The van der Waals surface area contributed by atoms with Crippen LogP contribution in [0.15, 0.2) is 18.2 Å². The fourth-order valence-electron chi connectivity index (χ4n) is 1.44. The van der Waals surface area contributed by atoms with E-state index in [1.54, 1.807) is 18.2 Å². The molecule has 0 spiro atoms. The van der Waals surface area contributed by atoms with Gasteiger partial charge in [0.15, 0.2) is 0 Å². The first kappa shape index (κ1) is 17.0. The predicted molar refractivity (Wildman–Crippen MR) is 89.3 cm³/mol. The van der Waals surface area contributed by atoms with Crippen molar-refractivity contribution in [1.29, 1.82) is 0 Å². The molecule has 0 saturated heterocycles. The van der Waals surface area contributed by atoms with Crippen LogP contribution in [0.3, 0.4) is 0 Å². The maximum atomic E-state index is 11.9. The van der Waals surface area contributed by atoms with Crippen LogP contribution in [0.5, 0.6) is 0 Å². The van der Waals surface area contributed by atoms with Gasteiger partial charge < -0.3 is 5.32 Å². The maximum absolute atomic E-state index is 11.9. The average Bonchev–Trinajstić information content (AvgIpc) is 2.28. The zero-order valence-electron chi connectivity index (χ0n) is 10.9. The van der Waals surface area contributed by atoms with Crippen LogP contribution in [0, 0.1) is 3.57 Å². The van der Waals surface area contributed by atoms with E-state index in [2.05, 4.69) is 32.6 Å². The van der Waals surface area contributed by atoms with E-state index in [1.807, 2.05) is 13.8 Å². The lowest BCUT2D eigenvalue weighted by atomic mass is 10.3. The van der Waals surface area contributed by atoms with Crippen molar-refractivity contribution < 1.29 is 8.42 Å². The molecule has 0 heterocycles. The second-order valence-electron chi connectivity index (χ2n) is 4.51. The van der Waals surface area contributed by atoms with Crippen LogP contribution in [0.2, 0.25) is 5.02 Å². The van der Waals surface area contributed by atoms with Gasteiger partial charge in [-0.25, -0.2) is 8.42 Å². The van der Waals surface area contributed by atoms with Crippen LogP contribution in [-0.2, 0) is 10.0 Å². The number of hydrogen-bond acceptors (Lipinski definition) is 3. The lowest BCUT2D eigenvalue weighted by molar-refractivity contribution is 0.571. The van der Waals surface area contributed by atoms with Gasteiger partial charge in [0.25, 0.3) is 0 Å². The van der Waals surface area contributed by atoms with Crippen molar-refractivity contribution in [2.45, 2.75) is 26.3 Å². The number of anilines is 1. The first-order chi connectivity index (χ1) is 8.80. The first-order valence-electron chi connectivity index (χ1n) is 5.99. The Morgan fingerprint density at radius 3 is 2.63 bits per heavy atom. The molecule has 4 nitrogen and oxygen atoms in total. The molecular formula is C12H18ClIN2O2S. The Morgan fingerprint density at radius 2 is 2.05 bits per heavy atom. The fraction of sp³-hybridized carbons (Fsp3) is 0.500. The van der Waals surface area contributed by atoms with E-state index in [-0.39, 0.29) is 5.75 Å². The van der Waals surface area contributed by atoms with E-state index in [0.717, 1.165) is 3.57 Å². The second-order valence-corrected chi connectivity index (χ2v) is 7.95. The highest BCUT2D eigenvalue weighted by atomic mass is 127. The standard InChI is InChI=1S/C12H18ClIN2O2S/c1-9(2)15-6-3-7-19(17,18)16-12-5-4-10(13)8-11(12)14/h4-5,8-9,15-16H,3,6-7H2,1-2H3. The Morgan fingerprint density at radius 1 is 1.37 bits per heavy atom. The van der Waals surface area contributed by atoms with Gasteiger partial charge in [0.05, 0.1) is 11.4 Å². The largest absolute Gasteiger partial charge is 0.314 e. The Labute approximate surface area is 133 Å². The van der Waals surface area contributed by atoms with Gasteiger partial charge >= 0.3 is 0 Å². The number of halogens is 2. The van der Waals surface area contributed by atoms with Crippen LogP contribution >= 0.6 is 34.2 Å². The van der Waals surface area contributed by atoms with E-state index in [1.165, 1.54) is 0 Å². The fourth-order valence-corrected chi connectivity index (χ4v) is 3.77. The summed E-state index contributed by atoms with van der Waals surface area (Å²) in [7, 11) is -3.31. The van der Waals surface area contributed by atoms with Crippen molar-refractivity contribution in [2.75, 3.05) is 17.0 Å². The van der Waals surface area contributed by atoms with Crippen molar-refractivity contribution >= 4 is 49.9 Å². The Bertz CT molecular complexity index is 520. The molecule has 0 saturated carbocycles. The molecule has 0 aliphatic heterocycles. The van der Waals surface area contributed by atoms with Crippen LogP contribution in [0.25, 0.3) is 0 Å². The third-order valence-corrected chi connectivity index (χ3v) is 4.82. The van der Waals surface area contributed by atoms with Crippen molar-refractivity contribution in [3.63, 3.8) is 0 Å². The van der Waals surface area contributed by atoms with Crippen LogP contribution < -0.4 is 10.0 Å². The van der Waals surface area contributed by atoms with Crippen LogP contribution in [0.1, 0.15) is 20.3 Å². The van der Waals surface area contributed by atoms with Gasteiger partial charge in [-0.1, -0.05) is 25.4 Å². The zero-order chi connectivity index (χ0) is 14.5. The third-order valence-electron chi connectivity index (χ3n) is 2.34. The Balaban J connectivity index is 2.54. The minimum absolute atomic E-state index is 0.103. The number of nitrogens with one attached hydrogen (secondary N) is 2. The normalized spacial score (nSPS) is 11.8. The molecule has 1 rings (SSSR count). The topological polar surface area (TPSA) is 58.2 Å². The number of benzene rings is 1. The van der Waals surface area contributed by atoms with Gasteiger partial charge in [-0.2, -0.15) is 0 Å². The molecule has 1 aromatic carbocycles. The smallest absolute Gasteiger partial charge is 0.232 e. The van der Waals surface area contributed by atoms with E-state index < -0.39 is 10.0 Å². The highest BCUT2D eigenvalue weighted by Gasteiger charge is 2.12. The molecule has 19 heavy (non-hydrogen) atoms. The number of sulfonamides is 1. The SMILES string of the molecule is CC(C)NCCCS(=O)(=O)Nc1ccc(Cl)cc1I. The molecule has 0 unspecified atom stereocenters. The van der Waals surface area contributed by atoms with Crippen molar-refractivity contribution in [2.24, 2.45) is 0 Å². The van der Waals surface area contributed by atoms with E-state index >= 15 is 0 Å². The summed E-state index contributed by atoms with van der Waals surface area (Å²) in [6, 6.07) is 5.43. The molecule has 0 bridgehead atoms. The Hall–Kier alpha value is -0.0500. The summed E-state index contributed by atoms with van der Waals surface area (Å²) in [4.78, 5) is 0. The van der Waals surface area contributed by atoms with Gasteiger partial charge in [0.1, 0.15) is 0 Å².